The number of aryl methyl sites for hydroxylation is 1. The third-order valence-corrected chi connectivity index (χ3v) is 3.72. The number of hydrogen-bond acceptors (Lipinski definition) is 2. The molecule has 0 atom stereocenters. The minimum Gasteiger partial charge on any atom is -0.465 e. The Hall–Kier alpha value is -2.09. The lowest BCUT2D eigenvalue weighted by atomic mass is 9.86. The van der Waals surface area contributed by atoms with Gasteiger partial charge in [0.1, 0.15) is 0 Å². The summed E-state index contributed by atoms with van der Waals surface area (Å²) < 4.78 is 4.78. The highest BCUT2D eigenvalue weighted by Gasteiger charge is 2.14. The van der Waals surface area contributed by atoms with E-state index in [4.69, 9.17) is 4.74 Å². The van der Waals surface area contributed by atoms with Crippen LogP contribution in [0.2, 0.25) is 0 Å². The Balaban J connectivity index is 2.35. The van der Waals surface area contributed by atoms with Crippen LogP contribution in [0.4, 0.5) is 0 Å². The van der Waals surface area contributed by atoms with Gasteiger partial charge in [-0.2, -0.15) is 0 Å². The number of carbonyl (C=O) groups excluding carboxylic acids is 1. The highest BCUT2D eigenvalue weighted by molar-refractivity contribution is 5.91. The molecule has 2 rings (SSSR count). The van der Waals surface area contributed by atoms with Gasteiger partial charge in [0.2, 0.25) is 0 Å². The highest BCUT2D eigenvalue weighted by Crippen LogP contribution is 2.27. The molecule has 21 heavy (non-hydrogen) atoms. The molecular formula is C19H22O2. The van der Waals surface area contributed by atoms with Crippen molar-refractivity contribution >= 4 is 5.97 Å². The van der Waals surface area contributed by atoms with Crippen LogP contribution < -0.4 is 0 Å². The van der Waals surface area contributed by atoms with E-state index in [1.165, 1.54) is 12.7 Å². The van der Waals surface area contributed by atoms with Crippen LogP contribution in [0, 0.1) is 6.92 Å². The van der Waals surface area contributed by atoms with Crippen LogP contribution in [0.5, 0.6) is 0 Å². The van der Waals surface area contributed by atoms with Gasteiger partial charge in [-0.3, -0.25) is 0 Å². The van der Waals surface area contributed by atoms with Crippen molar-refractivity contribution in [1.29, 1.82) is 0 Å². The van der Waals surface area contributed by atoms with E-state index in [1.54, 1.807) is 0 Å². The molecule has 0 saturated carbocycles. The predicted molar refractivity (Wildman–Crippen MR) is 86.7 cm³/mol. The smallest absolute Gasteiger partial charge is 0.338 e. The van der Waals surface area contributed by atoms with Crippen LogP contribution in [-0.4, -0.2) is 13.1 Å². The van der Waals surface area contributed by atoms with E-state index in [0.717, 1.165) is 16.7 Å². The summed E-state index contributed by atoms with van der Waals surface area (Å²) in [6.45, 7) is 8.55. The third-order valence-electron chi connectivity index (χ3n) is 3.72. The first-order chi connectivity index (χ1) is 9.82. The fourth-order valence-electron chi connectivity index (χ4n) is 2.34. The van der Waals surface area contributed by atoms with Crippen LogP contribution in [0.25, 0.3) is 11.1 Å². The average Bonchev–Trinajstić information content (AvgIpc) is 2.45. The van der Waals surface area contributed by atoms with Crippen LogP contribution in [0.15, 0.2) is 42.5 Å². The minimum atomic E-state index is -0.290. The SMILES string of the molecule is COC(=O)c1ccc(-c2ccc(C(C)(C)C)cc2)cc1C. The first-order valence-corrected chi connectivity index (χ1v) is 7.13. The topological polar surface area (TPSA) is 26.3 Å². The zero-order valence-electron chi connectivity index (χ0n) is 13.4. The van der Waals surface area contributed by atoms with Crippen molar-refractivity contribution in [3.05, 3.63) is 59.2 Å². The van der Waals surface area contributed by atoms with Gasteiger partial charge in [0, 0.05) is 0 Å². The van der Waals surface area contributed by atoms with E-state index in [2.05, 4.69) is 45.0 Å². The largest absolute Gasteiger partial charge is 0.465 e. The molecule has 0 aliphatic carbocycles. The normalized spacial score (nSPS) is 11.3. The van der Waals surface area contributed by atoms with E-state index in [1.807, 2.05) is 25.1 Å². The molecule has 0 N–H and O–H groups in total. The minimum absolute atomic E-state index is 0.156. The molecule has 0 radical (unpaired) electrons. The van der Waals surface area contributed by atoms with Gasteiger partial charge in [0.05, 0.1) is 12.7 Å². The molecule has 0 spiro atoms. The van der Waals surface area contributed by atoms with Gasteiger partial charge in [-0.15, -0.1) is 0 Å². The van der Waals surface area contributed by atoms with Crippen molar-refractivity contribution < 1.29 is 9.53 Å². The fourth-order valence-corrected chi connectivity index (χ4v) is 2.34. The molecule has 0 unspecified atom stereocenters. The van der Waals surface area contributed by atoms with E-state index >= 15 is 0 Å². The number of benzene rings is 2. The molecule has 2 nitrogen and oxygen atoms in total. The van der Waals surface area contributed by atoms with Gasteiger partial charge >= 0.3 is 5.97 Å². The second-order valence-electron chi connectivity index (χ2n) is 6.35. The summed E-state index contributed by atoms with van der Waals surface area (Å²) in [5.74, 6) is -0.290. The van der Waals surface area contributed by atoms with E-state index < -0.39 is 0 Å². The van der Waals surface area contributed by atoms with Crippen molar-refractivity contribution in [3.8, 4) is 11.1 Å². The van der Waals surface area contributed by atoms with Gasteiger partial charge < -0.3 is 4.74 Å². The molecule has 2 heteroatoms. The van der Waals surface area contributed by atoms with Gasteiger partial charge in [-0.1, -0.05) is 57.2 Å². The first kappa shape index (κ1) is 15.3. The second-order valence-corrected chi connectivity index (χ2v) is 6.35. The van der Waals surface area contributed by atoms with Gasteiger partial charge in [-0.25, -0.2) is 4.79 Å². The monoisotopic (exact) mass is 282 g/mol. The Morgan fingerprint density at radius 1 is 0.952 bits per heavy atom. The quantitative estimate of drug-likeness (QED) is 0.743. The predicted octanol–water partition coefficient (Wildman–Crippen LogP) is 4.75. The Kier molecular flexibility index (Phi) is 4.17. The van der Waals surface area contributed by atoms with Gasteiger partial charge in [-0.05, 0) is 40.7 Å². The number of hydrogen-bond donors (Lipinski definition) is 0. The van der Waals surface area contributed by atoms with Crippen molar-refractivity contribution in [2.45, 2.75) is 33.1 Å². The maximum absolute atomic E-state index is 11.6. The van der Waals surface area contributed by atoms with Gasteiger partial charge in [0.25, 0.3) is 0 Å². The summed E-state index contributed by atoms with van der Waals surface area (Å²) in [5.41, 5.74) is 5.28. The lowest BCUT2D eigenvalue weighted by molar-refractivity contribution is 0.0600. The fraction of sp³-hybridized carbons (Fsp3) is 0.316. The summed E-state index contributed by atoms with van der Waals surface area (Å²) in [5, 5.41) is 0. The molecule has 0 heterocycles. The number of methoxy groups -OCH3 is 1. The highest BCUT2D eigenvalue weighted by atomic mass is 16.5. The van der Waals surface area contributed by atoms with Crippen molar-refractivity contribution in [2.75, 3.05) is 7.11 Å². The summed E-state index contributed by atoms with van der Waals surface area (Å²) >= 11 is 0. The first-order valence-electron chi connectivity index (χ1n) is 7.13. The third kappa shape index (κ3) is 3.33. The van der Waals surface area contributed by atoms with Crippen molar-refractivity contribution in [1.82, 2.24) is 0 Å². The van der Waals surface area contributed by atoms with Crippen molar-refractivity contribution in [3.63, 3.8) is 0 Å². The molecule has 0 aliphatic heterocycles. The molecule has 2 aromatic carbocycles. The maximum Gasteiger partial charge on any atom is 0.338 e. The van der Waals surface area contributed by atoms with Crippen LogP contribution in [-0.2, 0) is 10.2 Å². The van der Waals surface area contributed by atoms with Gasteiger partial charge in [0.15, 0.2) is 0 Å². The zero-order valence-corrected chi connectivity index (χ0v) is 13.4. The Bertz CT molecular complexity index is 646. The molecule has 0 amide bonds. The number of esters is 1. The second kappa shape index (κ2) is 5.72. The molecule has 110 valence electrons. The number of rotatable bonds is 2. The van der Waals surface area contributed by atoms with E-state index in [9.17, 15) is 4.79 Å². The maximum atomic E-state index is 11.6. The van der Waals surface area contributed by atoms with E-state index in [0.29, 0.717) is 5.56 Å². The number of ether oxygens (including phenoxy) is 1. The van der Waals surface area contributed by atoms with E-state index in [-0.39, 0.29) is 11.4 Å². The molecule has 2 aromatic rings. The summed E-state index contributed by atoms with van der Waals surface area (Å²) in [7, 11) is 1.40. The lowest BCUT2D eigenvalue weighted by Crippen LogP contribution is -2.10. The van der Waals surface area contributed by atoms with Crippen LogP contribution in [0.1, 0.15) is 42.3 Å². The average molecular weight is 282 g/mol. The summed E-state index contributed by atoms with van der Waals surface area (Å²) in [4.78, 5) is 11.6. The molecule has 0 aromatic heterocycles. The molecule has 0 bridgehead atoms. The molecule has 0 aliphatic rings. The molecule has 0 saturated heterocycles. The standard InChI is InChI=1S/C19H22O2/c1-13-12-15(8-11-17(13)18(20)21-5)14-6-9-16(10-7-14)19(2,3)4/h6-12H,1-5H3. The number of carbonyl (C=O) groups is 1. The summed E-state index contributed by atoms with van der Waals surface area (Å²) in [6, 6.07) is 14.4. The lowest BCUT2D eigenvalue weighted by Gasteiger charge is -2.19. The Morgan fingerprint density at radius 3 is 2.00 bits per heavy atom. The Labute approximate surface area is 126 Å². The Morgan fingerprint density at radius 2 is 1.52 bits per heavy atom. The molecule has 0 fully saturated rings. The summed E-state index contributed by atoms with van der Waals surface area (Å²) in [6.07, 6.45) is 0. The zero-order chi connectivity index (χ0) is 15.6. The van der Waals surface area contributed by atoms with Crippen molar-refractivity contribution in [2.24, 2.45) is 0 Å². The van der Waals surface area contributed by atoms with Crippen LogP contribution in [0.3, 0.4) is 0 Å². The molecular weight excluding hydrogens is 260 g/mol. The van der Waals surface area contributed by atoms with Crippen LogP contribution >= 0.6 is 0 Å².